The molecule has 0 spiro atoms. The van der Waals surface area contributed by atoms with Crippen LogP contribution in [0.5, 0.6) is 5.75 Å². The van der Waals surface area contributed by atoms with Crippen molar-refractivity contribution < 1.29 is 14.3 Å². The van der Waals surface area contributed by atoms with Gasteiger partial charge >= 0.3 is 0 Å². The SMILES string of the molecule is CC#CC(=O)N1CC[C@H](N2CC(c3cc4c(c(C5CC5)n3)O[C@@H](C)c3c(N5CCOCC5)ccnc3N4)C2)C1. The fourth-order valence-corrected chi connectivity index (χ4v) is 6.45. The zero-order valence-corrected chi connectivity index (χ0v) is 22.8. The molecule has 2 atom stereocenters. The van der Waals surface area contributed by atoms with E-state index in [0.717, 1.165) is 106 Å². The predicted octanol–water partition coefficient (Wildman–Crippen LogP) is 3.41. The molecular weight excluding hydrogens is 492 g/mol. The van der Waals surface area contributed by atoms with Crippen LogP contribution in [0.2, 0.25) is 0 Å². The highest BCUT2D eigenvalue weighted by Crippen LogP contribution is 2.51. The summed E-state index contributed by atoms with van der Waals surface area (Å²) in [6.45, 7) is 10.5. The number of carbonyl (C=O) groups excluding carboxylic acids is 1. The maximum Gasteiger partial charge on any atom is 0.298 e. The molecule has 1 N–H and O–H groups in total. The molecule has 7 rings (SSSR count). The molecule has 4 aliphatic heterocycles. The number of hydrogen-bond acceptors (Lipinski definition) is 8. The van der Waals surface area contributed by atoms with E-state index in [1.807, 2.05) is 11.1 Å². The van der Waals surface area contributed by atoms with Gasteiger partial charge in [0, 0.05) is 74.7 Å². The number of fused-ring (bicyclic) bond motifs is 2. The number of rotatable bonds is 4. The Kier molecular flexibility index (Phi) is 6.32. The second-order valence-electron chi connectivity index (χ2n) is 11.4. The summed E-state index contributed by atoms with van der Waals surface area (Å²) in [7, 11) is 0. The number of nitrogens with zero attached hydrogens (tertiary/aromatic N) is 5. The van der Waals surface area contributed by atoms with Gasteiger partial charge < -0.3 is 24.6 Å². The van der Waals surface area contributed by atoms with Crippen LogP contribution in [0.3, 0.4) is 0 Å². The van der Waals surface area contributed by atoms with Gasteiger partial charge in [-0.2, -0.15) is 0 Å². The van der Waals surface area contributed by atoms with Gasteiger partial charge in [-0.05, 0) is 51.2 Å². The van der Waals surface area contributed by atoms with Gasteiger partial charge in [0.15, 0.2) is 5.75 Å². The summed E-state index contributed by atoms with van der Waals surface area (Å²) in [6, 6.07) is 4.70. The lowest BCUT2D eigenvalue weighted by Gasteiger charge is -2.43. The van der Waals surface area contributed by atoms with E-state index in [1.54, 1.807) is 6.92 Å². The molecule has 6 heterocycles. The first kappa shape index (κ1) is 24.7. The number of amides is 1. The number of anilines is 3. The Hall–Kier alpha value is -3.35. The molecule has 1 saturated carbocycles. The number of nitrogens with one attached hydrogen (secondary N) is 1. The molecule has 5 aliphatic rings. The van der Waals surface area contributed by atoms with Crippen LogP contribution in [0.25, 0.3) is 0 Å². The smallest absolute Gasteiger partial charge is 0.298 e. The average Bonchev–Trinajstić information content (AvgIpc) is 3.68. The highest BCUT2D eigenvalue weighted by molar-refractivity contribution is 5.93. The Labute approximate surface area is 229 Å². The lowest BCUT2D eigenvalue weighted by atomic mass is 9.92. The van der Waals surface area contributed by atoms with Crippen molar-refractivity contribution in [2.75, 3.05) is 62.7 Å². The highest BCUT2D eigenvalue weighted by atomic mass is 16.5. The van der Waals surface area contributed by atoms with Gasteiger partial charge in [-0.3, -0.25) is 14.7 Å². The Bertz CT molecular complexity index is 1340. The van der Waals surface area contributed by atoms with Crippen LogP contribution in [0, 0.1) is 11.8 Å². The largest absolute Gasteiger partial charge is 0.482 e. The molecular formula is C30H36N6O3. The minimum atomic E-state index is -0.143. The summed E-state index contributed by atoms with van der Waals surface area (Å²) in [6.07, 6.45) is 5.08. The van der Waals surface area contributed by atoms with Gasteiger partial charge in [0.2, 0.25) is 0 Å². The molecule has 1 aliphatic carbocycles. The monoisotopic (exact) mass is 528 g/mol. The van der Waals surface area contributed by atoms with E-state index >= 15 is 0 Å². The minimum absolute atomic E-state index is 0.0514. The highest BCUT2D eigenvalue weighted by Gasteiger charge is 2.40. The molecule has 204 valence electrons. The number of pyridine rings is 2. The van der Waals surface area contributed by atoms with Crippen LogP contribution in [0.1, 0.15) is 68.0 Å². The summed E-state index contributed by atoms with van der Waals surface area (Å²) < 4.78 is 12.3. The maximum absolute atomic E-state index is 12.2. The van der Waals surface area contributed by atoms with Gasteiger partial charge in [0.1, 0.15) is 11.9 Å². The second-order valence-corrected chi connectivity index (χ2v) is 11.4. The van der Waals surface area contributed by atoms with Gasteiger partial charge in [-0.1, -0.05) is 5.92 Å². The number of likely N-dealkylation sites (tertiary alicyclic amines) is 2. The number of ether oxygens (including phenoxy) is 2. The number of carbonyl (C=O) groups is 1. The Morgan fingerprint density at radius 2 is 1.92 bits per heavy atom. The molecule has 2 aromatic heterocycles. The Morgan fingerprint density at radius 3 is 2.69 bits per heavy atom. The molecule has 2 aromatic rings. The first-order valence-corrected chi connectivity index (χ1v) is 14.3. The molecule has 4 fully saturated rings. The summed E-state index contributed by atoms with van der Waals surface area (Å²) in [4.78, 5) is 28.9. The van der Waals surface area contributed by atoms with E-state index < -0.39 is 0 Å². The van der Waals surface area contributed by atoms with Crippen molar-refractivity contribution in [1.82, 2.24) is 19.8 Å². The summed E-state index contributed by atoms with van der Waals surface area (Å²) in [5.41, 5.74) is 5.47. The number of hydrogen-bond donors (Lipinski definition) is 1. The van der Waals surface area contributed by atoms with Crippen molar-refractivity contribution in [2.24, 2.45) is 0 Å². The van der Waals surface area contributed by atoms with Gasteiger partial charge in [-0.25, -0.2) is 4.98 Å². The second kappa shape index (κ2) is 10.00. The summed E-state index contributed by atoms with van der Waals surface area (Å²) >= 11 is 0. The van der Waals surface area contributed by atoms with Crippen molar-refractivity contribution in [3.63, 3.8) is 0 Å². The fraction of sp³-hybridized carbons (Fsp3) is 0.567. The number of morpholine rings is 1. The quantitative estimate of drug-likeness (QED) is 0.605. The molecule has 9 nitrogen and oxygen atoms in total. The lowest BCUT2D eigenvalue weighted by Crippen LogP contribution is -2.52. The zero-order chi connectivity index (χ0) is 26.5. The third-order valence-electron chi connectivity index (χ3n) is 8.78. The molecule has 39 heavy (non-hydrogen) atoms. The van der Waals surface area contributed by atoms with E-state index in [9.17, 15) is 4.79 Å². The van der Waals surface area contributed by atoms with Crippen LogP contribution < -0.4 is 15.0 Å². The van der Waals surface area contributed by atoms with Gasteiger partial charge in [0.05, 0.1) is 30.2 Å². The van der Waals surface area contributed by atoms with E-state index in [0.29, 0.717) is 17.9 Å². The Balaban J connectivity index is 1.13. The molecule has 0 bridgehead atoms. The van der Waals surface area contributed by atoms with Crippen LogP contribution >= 0.6 is 0 Å². The molecule has 0 unspecified atom stereocenters. The van der Waals surface area contributed by atoms with Crippen molar-refractivity contribution >= 4 is 23.1 Å². The Morgan fingerprint density at radius 1 is 1.10 bits per heavy atom. The first-order valence-electron chi connectivity index (χ1n) is 14.3. The van der Waals surface area contributed by atoms with Gasteiger partial charge in [-0.15, -0.1) is 0 Å². The molecule has 9 heteroatoms. The summed E-state index contributed by atoms with van der Waals surface area (Å²) in [5, 5.41) is 3.67. The standard InChI is InChI=1S/C30H36N6O3/c1-3-4-26(37)35-10-8-22(18-35)36-16-21(17-36)23-15-24-29(28(32-23)20-5-6-20)39-19(2)27-25(7-9-31-30(27)33-24)34-11-13-38-14-12-34/h7,9,15,19-22H,5-6,8,10-14,16-18H2,1-2H3,(H,31,33)/t19-,22-/m0/s1. The van der Waals surface area contributed by atoms with Crippen LogP contribution in [-0.2, 0) is 9.53 Å². The minimum Gasteiger partial charge on any atom is -0.482 e. The lowest BCUT2D eigenvalue weighted by molar-refractivity contribution is -0.124. The fourth-order valence-electron chi connectivity index (χ4n) is 6.45. The predicted molar refractivity (Wildman–Crippen MR) is 149 cm³/mol. The summed E-state index contributed by atoms with van der Waals surface area (Å²) in [5.74, 6) is 7.96. The van der Waals surface area contributed by atoms with Crippen molar-refractivity contribution in [3.05, 3.63) is 35.3 Å². The van der Waals surface area contributed by atoms with Crippen LogP contribution in [0.4, 0.5) is 17.2 Å². The maximum atomic E-state index is 12.2. The van der Waals surface area contributed by atoms with Gasteiger partial charge in [0.25, 0.3) is 5.91 Å². The van der Waals surface area contributed by atoms with E-state index in [2.05, 4.69) is 46.0 Å². The third kappa shape index (κ3) is 4.60. The molecule has 1 amide bonds. The van der Waals surface area contributed by atoms with Crippen molar-refractivity contribution in [3.8, 4) is 17.6 Å². The van der Waals surface area contributed by atoms with Crippen molar-refractivity contribution in [2.45, 2.75) is 57.1 Å². The van der Waals surface area contributed by atoms with Crippen LogP contribution in [0.15, 0.2) is 18.3 Å². The average molecular weight is 529 g/mol. The van der Waals surface area contributed by atoms with Crippen LogP contribution in [-0.4, -0.2) is 84.2 Å². The topological polar surface area (TPSA) is 83.1 Å². The molecule has 3 saturated heterocycles. The number of aromatic nitrogens is 2. The first-order chi connectivity index (χ1) is 19.1. The third-order valence-corrected chi connectivity index (χ3v) is 8.78. The van der Waals surface area contributed by atoms with E-state index in [-0.39, 0.29) is 12.0 Å². The van der Waals surface area contributed by atoms with Crippen molar-refractivity contribution in [1.29, 1.82) is 0 Å². The van der Waals surface area contributed by atoms with E-state index in [1.165, 1.54) is 5.69 Å². The normalized spacial score (nSPS) is 24.9. The van der Waals surface area contributed by atoms with E-state index in [4.69, 9.17) is 19.4 Å². The molecule has 0 radical (unpaired) electrons. The molecule has 0 aromatic carbocycles. The zero-order valence-electron chi connectivity index (χ0n) is 22.8.